The third-order valence-corrected chi connectivity index (χ3v) is 7.57. The van der Waals surface area contributed by atoms with Gasteiger partial charge >= 0.3 is 0 Å². The second-order valence-electron chi connectivity index (χ2n) is 10.6. The molecule has 0 atom stereocenters. The molecule has 52 heavy (non-hydrogen) atoms. The maximum Gasteiger partial charge on any atom is 0.204 e. The summed E-state index contributed by atoms with van der Waals surface area (Å²) < 4.78 is 124. The van der Waals surface area contributed by atoms with Gasteiger partial charge in [0.05, 0.1) is 39.6 Å². The van der Waals surface area contributed by atoms with Gasteiger partial charge in [0.25, 0.3) is 0 Å². The van der Waals surface area contributed by atoms with E-state index in [1.807, 2.05) is 0 Å². The standard InChI is InChI=1S/C38H36F6O8/c1-7-47-33-27(19-13-23(39)31(43)24(40)14-19)21(17-45)29(35(49-9-3)37(33)51-11-5)30-22(18-46)28(20-15-25(41)32(44)26(42)16-20)34(48-8-2)38(52-12-6)36(30)50-10-4/h13-18H,7-12H2,1-6H3. The zero-order valence-corrected chi connectivity index (χ0v) is 29.2. The molecule has 0 aliphatic carbocycles. The van der Waals surface area contributed by atoms with E-state index < -0.39 is 46.0 Å². The Bertz CT molecular complexity index is 1790. The minimum Gasteiger partial charge on any atom is -0.489 e. The third kappa shape index (κ3) is 7.19. The molecule has 0 N–H and O–H groups in total. The molecule has 0 saturated carbocycles. The van der Waals surface area contributed by atoms with E-state index in [2.05, 4.69) is 0 Å². The zero-order chi connectivity index (χ0) is 38.3. The van der Waals surface area contributed by atoms with Gasteiger partial charge in [0.15, 0.2) is 70.5 Å². The number of hydrogen-bond acceptors (Lipinski definition) is 8. The van der Waals surface area contributed by atoms with Gasteiger partial charge in [-0.15, -0.1) is 0 Å². The molecule has 14 heteroatoms. The normalized spacial score (nSPS) is 10.9. The van der Waals surface area contributed by atoms with Gasteiger partial charge in [-0.1, -0.05) is 0 Å². The van der Waals surface area contributed by atoms with Crippen molar-refractivity contribution in [2.75, 3.05) is 39.6 Å². The van der Waals surface area contributed by atoms with Crippen LogP contribution in [-0.4, -0.2) is 52.2 Å². The second-order valence-corrected chi connectivity index (χ2v) is 10.6. The van der Waals surface area contributed by atoms with Crippen LogP contribution in [0.3, 0.4) is 0 Å². The summed E-state index contributed by atoms with van der Waals surface area (Å²) in [5, 5.41) is 0. The van der Waals surface area contributed by atoms with Crippen molar-refractivity contribution in [3.05, 3.63) is 70.3 Å². The molecule has 8 nitrogen and oxygen atoms in total. The van der Waals surface area contributed by atoms with Crippen molar-refractivity contribution in [1.29, 1.82) is 0 Å². The Balaban J connectivity index is 2.47. The third-order valence-electron chi connectivity index (χ3n) is 7.57. The molecule has 278 valence electrons. The van der Waals surface area contributed by atoms with E-state index in [0.717, 1.165) is 0 Å². The summed E-state index contributed by atoms with van der Waals surface area (Å²) in [4.78, 5) is 26.8. The van der Waals surface area contributed by atoms with Crippen molar-refractivity contribution in [1.82, 2.24) is 0 Å². The Morgan fingerprint density at radius 1 is 0.404 bits per heavy atom. The summed E-state index contributed by atoms with van der Waals surface area (Å²) in [6, 6.07) is 2.58. The van der Waals surface area contributed by atoms with Crippen molar-refractivity contribution in [3.63, 3.8) is 0 Å². The van der Waals surface area contributed by atoms with Crippen molar-refractivity contribution >= 4 is 12.6 Å². The molecular formula is C38H36F6O8. The topological polar surface area (TPSA) is 89.5 Å². The zero-order valence-electron chi connectivity index (χ0n) is 29.2. The van der Waals surface area contributed by atoms with E-state index >= 15 is 0 Å². The number of carbonyl (C=O) groups is 2. The summed E-state index contributed by atoms with van der Waals surface area (Å²) in [7, 11) is 0. The number of ether oxygens (including phenoxy) is 6. The van der Waals surface area contributed by atoms with Crippen molar-refractivity contribution in [2.24, 2.45) is 0 Å². The maximum absolute atomic E-state index is 14.8. The first-order chi connectivity index (χ1) is 25.0. The lowest BCUT2D eigenvalue weighted by Crippen LogP contribution is -2.12. The summed E-state index contributed by atoms with van der Waals surface area (Å²) in [5.74, 6) is -11.1. The van der Waals surface area contributed by atoms with Crippen LogP contribution in [0.15, 0.2) is 24.3 Å². The minimum atomic E-state index is -1.77. The van der Waals surface area contributed by atoms with Gasteiger partial charge in [-0.3, -0.25) is 9.59 Å². The average Bonchev–Trinajstić information content (AvgIpc) is 3.11. The lowest BCUT2D eigenvalue weighted by molar-refractivity contribution is 0.111. The van der Waals surface area contributed by atoms with Crippen LogP contribution >= 0.6 is 0 Å². The fourth-order valence-electron chi connectivity index (χ4n) is 5.78. The lowest BCUT2D eigenvalue weighted by Gasteiger charge is -2.28. The molecular weight excluding hydrogens is 698 g/mol. The average molecular weight is 735 g/mol. The molecule has 0 aliphatic heterocycles. The van der Waals surface area contributed by atoms with Crippen LogP contribution in [-0.2, 0) is 0 Å². The summed E-state index contributed by atoms with van der Waals surface area (Å²) in [6.45, 7) is 9.23. The number of carbonyl (C=O) groups excluding carboxylic acids is 2. The first-order valence-electron chi connectivity index (χ1n) is 16.4. The van der Waals surface area contributed by atoms with Crippen LogP contribution < -0.4 is 28.4 Å². The van der Waals surface area contributed by atoms with Gasteiger partial charge in [0.1, 0.15) is 0 Å². The summed E-state index contributed by atoms with van der Waals surface area (Å²) in [5.41, 5.74) is -2.64. The predicted octanol–water partition coefficient (Wildman–Crippen LogP) is 9.54. The van der Waals surface area contributed by atoms with E-state index in [1.165, 1.54) is 0 Å². The highest BCUT2D eigenvalue weighted by Crippen LogP contribution is 2.59. The fraction of sp³-hybridized carbons (Fsp3) is 0.316. The smallest absolute Gasteiger partial charge is 0.204 e. The highest BCUT2D eigenvalue weighted by molar-refractivity contribution is 6.10. The quantitative estimate of drug-likeness (QED) is 0.0602. The van der Waals surface area contributed by atoms with Crippen molar-refractivity contribution < 1.29 is 64.4 Å². The fourth-order valence-corrected chi connectivity index (χ4v) is 5.78. The van der Waals surface area contributed by atoms with Crippen LogP contribution in [0.2, 0.25) is 0 Å². The number of benzene rings is 4. The number of hydrogen-bond donors (Lipinski definition) is 0. The molecule has 0 heterocycles. The molecule has 4 aromatic carbocycles. The molecule has 4 aromatic rings. The van der Waals surface area contributed by atoms with E-state index in [9.17, 15) is 35.9 Å². The number of rotatable bonds is 17. The molecule has 4 rings (SSSR count). The highest BCUT2D eigenvalue weighted by atomic mass is 19.2. The molecule has 0 amide bonds. The molecule has 0 bridgehead atoms. The molecule has 0 unspecified atom stereocenters. The van der Waals surface area contributed by atoms with Crippen LogP contribution in [0, 0.1) is 34.9 Å². The Morgan fingerprint density at radius 2 is 0.635 bits per heavy atom. The molecule has 0 aliphatic rings. The Kier molecular flexibility index (Phi) is 13.0. The van der Waals surface area contributed by atoms with Gasteiger partial charge in [0.2, 0.25) is 11.5 Å². The van der Waals surface area contributed by atoms with Gasteiger partial charge < -0.3 is 28.4 Å². The van der Waals surface area contributed by atoms with Gasteiger partial charge in [-0.2, -0.15) is 0 Å². The maximum atomic E-state index is 14.8. The predicted molar refractivity (Wildman–Crippen MR) is 180 cm³/mol. The van der Waals surface area contributed by atoms with E-state index in [-0.39, 0.29) is 108 Å². The van der Waals surface area contributed by atoms with Gasteiger partial charge in [-0.05, 0) is 76.9 Å². The summed E-state index contributed by atoms with van der Waals surface area (Å²) >= 11 is 0. The Labute approximate surface area is 296 Å². The van der Waals surface area contributed by atoms with E-state index in [4.69, 9.17) is 28.4 Å². The number of halogens is 6. The monoisotopic (exact) mass is 734 g/mol. The highest BCUT2D eigenvalue weighted by Gasteiger charge is 2.37. The Morgan fingerprint density at radius 3 is 0.865 bits per heavy atom. The van der Waals surface area contributed by atoms with Crippen LogP contribution in [0.4, 0.5) is 26.3 Å². The van der Waals surface area contributed by atoms with Gasteiger partial charge in [0, 0.05) is 33.4 Å². The molecule has 0 aromatic heterocycles. The molecule has 0 spiro atoms. The summed E-state index contributed by atoms with van der Waals surface area (Å²) in [6.07, 6.45) is 0.589. The van der Waals surface area contributed by atoms with Crippen LogP contribution in [0.25, 0.3) is 33.4 Å². The molecule has 0 radical (unpaired) electrons. The van der Waals surface area contributed by atoms with Crippen molar-refractivity contribution in [3.8, 4) is 67.9 Å². The number of aldehydes is 2. The van der Waals surface area contributed by atoms with Crippen LogP contribution in [0.1, 0.15) is 62.3 Å². The Hall–Kier alpha value is -5.40. The van der Waals surface area contributed by atoms with E-state index in [1.54, 1.807) is 41.5 Å². The molecule has 0 fully saturated rings. The lowest BCUT2D eigenvalue weighted by atomic mass is 9.84. The minimum absolute atomic E-state index is 0.0443. The van der Waals surface area contributed by atoms with Crippen molar-refractivity contribution in [2.45, 2.75) is 41.5 Å². The van der Waals surface area contributed by atoms with Crippen LogP contribution in [0.5, 0.6) is 34.5 Å². The molecule has 0 saturated heterocycles. The second kappa shape index (κ2) is 17.2. The van der Waals surface area contributed by atoms with Gasteiger partial charge in [-0.25, -0.2) is 26.3 Å². The largest absolute Gasteiger partial charge is 0.489 e. The SMILES string of the molecule is CCOc1c(OCC)c(-c2cc(F)c(F)c(F)c2)c(C=O)c(-c2c(C=O)c(-c3cc(F)c(F)c(F)c3)c(OCC)c(OCC)c2OCC)c1OCC. The first-order valence-corrected chi connectivity index (χ1v) is 16.4. The van der Waals surface area contributed by atoms with E-state index in [0.29, 0.717) is 36.8 Å². The first kappa shape index (κ1) is 39.4.